The van der Waals surface area contributed by atoms with E-state index in [1.165, 1.54) is 12.1 Å². The van der Waals surface area contributed by atoms with Crippen molar-refractivity contribution < 1.29 is 13.2 Å². The van der Waals surface area contributed by atoms with Crippen LogP contribution in [0, 0.1) is 11.8 Å². The van der Waals surface area contributed by atoms with Crippen LogP contribution in [0.5, 0.6) is 0 Å². The van der Waals surface area contributed by atoms with Crippen LogP contribution in [-0.4, -0.2) is 13.6 Å². The largest absolute Gasteiger partial charge is 0.416 e. The molecule has 1 aliphatic carbocycles. The second-order valence-electron chi connectivity index (χ2n) is 5.93. The minimum absolute atomic E-state index is 0.00373. The summed E-state index contributed by atoms with van der Waals surface area (Å²) in [5.41, 5.74) is 0.0204. The van der Waals surface area contributed by atoms with E-state index in [-0.39, 0.29) is 5.92 Å². The quantitative estimate of drug-likeness (QED) is 0.865. The first kappa shape index (κ1) is 15.4. The fourth-order valence-electron chi connectivity index (χ4n) is 3.41. The molecule has 112 valence electrons. The highest BCUT2D eigenvalue weighted by atomic mass is 19.4. The molecular weight excluding hydrogens is 263 g/mol. The molecule has 0 spiro atoms. The molecule has 0 amide bonds. The summed E-state index contributed by atoms with van der Waals surface area (Å²) in [6, 6.07) is 6.07. The summed E-state index contributed by atoms with van der Waals surface area (Å²) in [6.07, 6.45) is -1.31. The Labute approximate surface area is 118 Å². The monoisotopic (exact) mass is 285 g/mol. The Morgan fingerprint density at radius 3 is 2.55 bits per heavy atom. The number of benzene rings is 1. The van der Waals surface area contributed by atoms with Crippen LogP contribution in [-0.2, 0) is 6.18 Å². The maximum Gasteiger partial charge on any atom is 0.416 e. The van der Waals surface area contributed by atoms with Gasteiger partial charge in [-0.2, -0.15) is 13.2 Å². The lowest BCUT2D eigenvalue weighted by molar-refractivity contribution is -0.138. The zero-order valence-electron chi connectivity index (χ0n) is 12.0. The van der Waals surface area contributed by atoms with Crippen LogP contribution in [0.4, 0.5) is 13.2 Å². The molecule has 2 rings (SSSR count). The predicted octanol–water partition coefficient (Wildman–Crippen LogP) is 4.44. The Kier molecular flexibility index (Phi) is 4.74. The minimum atomic E-state index is -4.26. The summed E-state index contributed by atoms with van der Waals surface area (Å²) in [4.78, 5) is 0. The Morgan fingerprint density at radius 1 is 1.20 bits per heavy atom. The molecule has 0 aliphatic heterocycles. The lowest BCUT2D eigenvalue weighted by atomic mass is 9.70. The first-order chi connectivity index (χ1) is 9.43. The summed E-state index contributed by atoms with van der Waals surface area (Å²) in [6.45, 7) is 2.92. The van der Waals surface area contributed by atoms with Gasteiger partial charge in [0.25, 0.3) is 0 Å². The standard InChI is InChI=1S/C16H22F3N/c1-11-7-8-12(10-20-2)14(9-11)13-5-3-4-6-15(13)16(17,18)19/h3-6,11-12,14,20H,7-10H2,1-2H3. The van der Waals surface area contributed by atoms with Gasteiger partial charge in [-0.25, -0.2) is 0 Å². The molecule has 0 saturated heterocycles. The molecule has 0 bridgehead atoms. The normalized spacial score (nSPS) is 27.6. The van der Waals surface area contributed by atoms with Crippen LogP contribution >= 0.6 is 0 Å². The summed E-state index contributed by atoms with van der Waals surface area (Å²) in [5, 5.41) is 3.13. The number of halogens is 3. The number of hydrogen-bond acceptors (Lipinski definition) is 1. The molecule has 3 unspecified atom stereocenters. The van der Waals surface area contributed by atoms with Crippen LogP contribution < -0.4 is 5.32 Å². The molecule has 4 heteroatoms. The fourth-order valence-corrected chi connectivity index (χ4v) is 3.41. The summed E-state index contributed by atoms with van der Waals surface area (Å²) < 4.78 is 39.6. The van der Waals surface area contributed by atoms with E-state index in [4.69, 9.17) is 0 Å². The van der Waals surface area contributed by atoms with E-state index < -0.39 is 11.7 Å². The highest BCUT2D eigenvalue weighted by molar-refractivity contribution is 5.33. The smallest absolute Gasteiger partial charge is 0.319 e. The fraction of sp³-hybridized carbons (Fsp3) is 0.625. The predicted molar refractivity (Wildman–Crippen MR) is 74.6 cm³/mol. The van der Waals surface area contributed by atoms with Gasteiger partial charge >= 0.3 is 6.18 Å². The van der Waals surface area contributed by atoms with Gasteiger partial charge in [0.1, 0.15) is 0 Å². The molecule has 1 aromatic rings. The lowest BCUT2D eigenvalue weighted by Crippen LogP contribution is -2.31. The van der Waals surface area contributed by atoms with Crippen LogP contribution in [0.25, 0.3) is 0 Å². The van der Waals surface area contributed by atoms with Crippen molar-refractivity contribution >= 4 is 0 Å². The van der Waals surface area contributed by atoms with Crippen molar-refractivity contribution in [2.75, 3.05) is 13.6 Å². The average Bonchev–Trinajstić information content (AvgIpc) is 2.40. The molecule has 1 saturated carbocycles. The van der Waals surface area contributed by atoms with Gasteiger partial charge in [0, 0.05) is 0 Å². The van der Waals surface area contributed by atoms with E-state index in [0.29, 0.717) is 17.4 Å². The SMILES string of the molecule is CNCC1CCC(C)CC1c1ccccc1C(F)(F)F. The molecule has 0 heterocycles. The summed E-state index contributed by atoms with van der Waals surface area (Å²) in [5.74, 6) is 0.790. The molecule has 0 radical (unpaired) electrons. The van der Waals surface area contributed by atoms with Gasteiger partial charge in [-0.05, 0) is 55.8 Å². The van der Waals surface area contributed by atoms with Gasteiger partial charge in [-0.1, -0.05) is 31.5 Å². The van der Waals surface area contributed by atoms with Gasteiger partial charge in [0.2, 0.25) is 0 Å². The first-order valence-corrected chi connectivity index (χ1v) is 7.24. The van der Waals surface area contributed by atoms with Crippen LogP contribution in [0.2, 0.25) is 0 Å². The number of alkyl halides is 3. The Morgan fingerprint density at radius 2 is 1.90 bits per heavy atom. The van der Waals surface area contributed by atoms with E-state index >= 15 is 0 Å². The first-order valence-electron chi connectivity index (χ1n) is 7.24. The third-order valence-electron chi connectivity index (χ3n) is 4.39. The van der Waals surface area contributed by atoms with Crippen molar-refractivity contribution in [3.05, 3.63) is 35.4 Å². The van der Waals surface area contributed by atoms with E-state index in [2.05, 4.69) is 12.2 Å². The average molecular weight is 285 g/mol. The van der Waals surface area contributed by atoms with Crippen molar-refractivity contribution in [3.8, 4) is 0 Å². The maximum absolute atomic E-state index is 13.2. The molecule has 20 heavy (non-hydrogen) atoms. The Bertz CT molecular complexity index is 442. The van der Waals surface area contributed by atoms with Crippen molar-refractivity contribution in [3.63, 3.8) is 0 Å². The maximum atomic E-state index is 13.2. The molecule has 1 nitrogen and oxygen atoms in total. The number of nitrogens with one attached hydrogen (secondary N) is 1. The molecule has 0 aromatic heterocycles. The van der Waals surface area contributed by atoms with Gasteiger partial charge in [0.05, 0.1) is 5.56 Å². The van der Waals surface area contributed by atoms with E-state index in [9.17, 15) is 13.2 Å². The molecule has 1 fully saturated rings. The van der Waals surface area contributed by atoms with Crippen molar-refractivity contribution in [2.45, 2.75) is 38.3 Å². The zero-order valence-corrected chi connectivity index (χ0v) is 12.0. The molecule has 3 atom stereocenters. The van der Waals surface area contributed by atoms with Crippen LogP contribution in [0.3, 0.4) is 0 Å². The summed E-state index contributed by atoms with van der Waals surface area (Å²) >= 11 is 0. The lowest BCUT2D eigenvalue weighted by Gasteiger charge is -2.36. The van der Waals surface area contributed by atoms with Crippen molar-refractivity contribution in [1.29, 1.82) is 0 Å². The van der Waals surface area contributed by atoms with Crippen LogP contribution in [0.15, 0.2) is 24.3 Å². The van der Waals surface area contributed by atoms with E-state index in [0.717, 1.165) is 25.8 Å². The summed E-state index contributed by atoms with van der Waals surface area (Å²) in [7, 11) is 1.87. The Balaban J connectivity index is 2.36. The third-order valence-corrected chi connectivity index (χ3v) is 4.39. The highest BCUT2D eigenvalue weighted by Crippen LogP contribution is 2.44. The highest BCUT2D eigenvalue weighted by Gasteiger charge is 2.38. The second-order valence-corrected chi connectivity index (χ2v) is 5.93. The molecule has 1 aromatic carbocycles. The van der Waals surface area contributed by atoms with E-state index in [1.807, 2.05) is 7.05 Å². The topological polar surface area (TPSA) is 12.0 Å². The van der Waals surface area contributed by atoms with Gasteiger partial charge < -0.3 is 5.32 Å². The van der Waals surface area contributed by atoms with Crippen molar-refractivity contribution in [1.82, 2.24) is 5.32 Å². The van der Waals surface area contributed by atoms with Crippen LogP contribution in [0.1, 0.15) is 43.2 Å². The van der Waals surface area contributed by atoms with Gasteiger partial charge in [0.15, 0.2) is 0 Å². The minimum Gasteiger partial charge on any atom is -0.319 e. The van der Waals surface area contributed by atoms with Gasteiger partial charge in [-0.15, -0.1) is 0 Å². The third kappa shape index (κ3) is 3.35. The van der Waals surface area contributed by atoms with Gasteiger partial charge in [-0.3, -0.25) is 0 Å². The van der Waals surface area contributed by atoms with Crippen molar-refractivity contribution in [2.24, 2.45) is 11.8 Å². The molecular formula is C16H22F3N. The molecule has 1 aliphatic rings. The zero-order chi connectivity index (χ0) is 14.8. The second kappa shape index (κ2) is 6.17. The number of rotatable bonds is 3. The van der Waals surface area contributed by atoms with E-state index in [1.54, 1.807) is 12.1 Å². The Hall–Kier alpha value is -1.03. The molecule has 1 N–H and O–H groups in total. The number of hydrogen-bond donors (Lipinski definition) is 1.